The van der Waals surface area contributed by atoms with E-state index in [1.165, 1.54) is 6.07 Å². The maximum atomic E-state index is 13.4. The van der Waals surface area contributed by atoms with Gasteiger partial charge in [-0.25, -0.2) is 4.39 Å². The SMILES string of the molecule is CN1CCNCC1CCNCCc1ccccc1F. The third-order valence-corrected chi connectivity index (χ3v) is 3.83. The quantitative estimate of drug-likeness (QED) is 0.758. The summed E-state index contributed by atoms with van der Waals surface area (Å²) >= 11 is 0. The monoisotopic (exact) mass is 265 g/mol. The smallest absolute Gasteiger partial charge is 0.126 e. The van der Waals surface area contributed by atoms with E-state index in [2.05, 4.69) is 22.6 Å². The molecule has 0 bridgehead atoms. The molecule has 1 aliphatic heterocycles. The van der Waals surface area contributed by atoms with E-state index in [1.54, 1.807) is 6.07 Å². The lowest BCUT2D eigenvalue weighted by molar-refractivity contribution is 0.190. The van der Waals surface area contributed by atoms with Crippen LogP contribution in [-0.4, -0.2) is 50.7 Å². The molecular weight excluding hydrogens is 241 g/mol. The molecule has 2 rings (SSSR count). The summed E-state index contributed by atoms with van der Waals surface area (Å²) in [6.07, 6.45) is 1.90. The Bertz CT molecular complexity index is 383. The molecule has 1 unspecified atom stereocenters. The molecule has 2 N–H and O–H groups in total. The number of nitrogens with zero attached hydrogens (tertiary/aromatic N) is 1. The van der Waals surface area contributed by atoms with Crippen molar-refractivity contribution in [1.29, 1.82) is 0 Å². The molecule has 106 valence electrons. The molecule has 0 saturated carbocycles. The first kappa shape index (κ1) is 14.4. The first-order chi connectivity index (χ1) is 9.27. The number of likely N-dealkylation sites (N-methyl/N-ethyl adjacent to an activating group) is 1. The second-order valence-electron chi connectivity index (χ2n) is 5.22. The van der Waals surface area contributed by atoms with Gasteiger partial charge >= 0.3 is 0 Å². The van der Waals surface area contributed by atoms with Crippen LogP contribution in [0.2, 0.25) is 0 Å². The highest BCUT2D eigenvalue weighted by atomic mass is 19.1. The highest BCUT2D eigenvalue weighted by molar-refractivity contribution is 5.17. The summed E-state index contributed by atoms with van der Waals surface area (Å²) in [5.41, 5.74) is 0.798. The summed E-state index contributed by atoms with van der Waals surface area (Å²) in [6.45, 7) is 5.12. The van der Waals surface area contributed by atoms with E-state index in [0.717, 1.165) is 51.1 Å². The Morgan fingerprint density at radius 2 is 2.21 bits per heavy atom. The van der Waals surface area contributed by atoms with Gasteiger partial charge in [0, 0.05) is 25.7 Å². The topological polar surface area (TPSA) is 27.3 Å². The average molecular weight is 265 g/mol. The molecule has 4 heteroatoms. The molecule has 1 heterocycles. The molecule has 1 aliphatic rings. The van der Waals surface area contributed by atoms with Gasteiger partial charge in [0.05, 0.1) is 0 Å². The normalized spacial score (nSPS) is 20.6. The molecule has 0 spiro atoms. The number of piperazine rings is 1. The van der Waals surface area contributed by atoms with Crippen molar-refractivity contribution in [2.75, 3.05) is 39.8 Å². The Labute approximate surface area is 115 Å². The Morgan fingerprint density at radius 1 is 1.37 bits per heavy atom. The predicted octanol–water partition coefficient (Wildman–Crippen LogP) is 1.25. The minimum atomic E-state index is -0.0967. The molecular formula is C15H24FN3. The second-order valence-corrected chi connectivity index (χ2v) is 5.22. The van der Waals surface area contributed by atoms with Gasteiger partial charge in [0.1, 0.15) is 5.82 Å². The maximum absolute atomic E-state index is 13.4. The second kappa shape index (κ2) is 7.58. The van der Waals surface area contributed by atoms with Crippen molar-refractivity contribution in [1.82, 2.24) is 15.5 Å². The standard InChI is InChI=1S/C15H24FN3/c1-19-11-10-18-12-14(19)7-9-17-8-6-13-4-2-3-5-15(13)16/h2-5,14,17-18H,6-12H2,1H3. The van der Waals surface area contributed by atoms with Gasteiger partial charge in [-0.15, -0.1) is 0 Å². The van der Waals surface area contributed by atoms with Crippen molar-refractivity contribution >= 4 is 0 Å². The van der Waals surface area contributed by atoms with Crippen LogP contribution in [0.25, 0.3) is 0 Å². The van der Waals surface area contributed by atoms with Crippen LogP contribution < -0.4 is 10.6 Å². The van der Waals surface area contributed by atoms with E-state index >= 15 is 0 Å². The zero-order valence-corrected chi connectivity index (χ0v) is 11.7. The van der Waals surface area contributed by atoms with Crippen molar-refractivity contribution in [3.63, 3.8) is 0 Å². The molecule has 1 aromatic rings. The summed E-state index contributed by atoms with van der Waals surface area (Å²) in [5.74, 6) is -0.0967. The van der Waals surface area contributed by atoms with E-state index < -0.39 is 0 Å². The van der Waals surface area contributed by atoms with Gasteiger partial charge in [-0.3, -0.25) is 0 Å². The zero-order chi connectivity index (χ0) is 13.5. The fraction of sp³-hybridized carbons (Fsp3) is 0.600. The molecule has 0 aromatic heterocycles. The number of nitrogens with one attached hydrogen (secondary N) is 2. The summed E-state index contributed by atoms with van der Waals surface area (Å²) in [6, 6.07) is 7.63. The number of benzene rings is 1. The molecule has 0 aliphatic carbocycles. The summed E-state index contributed by atoms with van der Waals surface area (Å²) in [4.78, 5) is 2.41. The molecule has 1 saturated heterocycles. The summed E-state index contributed by atoms with van der Waals surface area (Å²) < 4.78 is 13.4. The molecule has 1 aromatic carbocycles. The Hall–Kier alpha value is -0.970. The fourth-order valence-electron chi connectivity index (χ4n) is 2.50. The van der Waals surface area contributed by atoms with Gasteiger partial charge in [0.2, 0.25) is 0 Å². The van der Waals surface area contributed by atoms with Crippen molar-refractivity contribution in [3.05, 3.63) is 35.6 Å². The molecule has 3 nitrogen and oxygen atoms in total. The zero-order valence-electron chi connectivity index (χ0n) is 11.7. The van der Waals surface area contributed by atoms with Crippen molar-refractivity contribution in [2.45, 2.75) is 18.9 Å². The number of halogens is 1. The largest absolute Gasteiger partial charge is 0.316 e. The van der Waals surface area contributed by atoms with Gasteiger partial charge in [-0.05, 0) is 44.6 Å². The van der Waals surface area contributed by atoms with Crippen LogP contribution in [0.4, 0.5) is 4.39 Å². The average Bonchev–Trinajstić information content (AvgIpc) is 2.42. The molecule has 0 radical (unpaired) electrons. The van der Waals surface area contributed by atoms with Crippen LogP contribution in [0.5, 0.6) is 0 Å². The predicted molar refractivity (Wildman–Crippen MR) is 76.9 cm³/mol. The van der Waals surface area contributed by atoms with Crippen LogP contribution in [0.15, 0.2) is 24.3 Å². The van der Waals surface area contributed by atoms with Gasteiger partial charge in [0.25, 0.3) is 0 Å². The first-order valence-corrected chi connectivity index (χ1v) is 7.12. The Morgan fingerprint density at radius 3 is 3.00 bits per heavy atom. The van der Waals surface area contributed by atoms with Crippen LogP contribution in [0.1, 0.15) is 12.0 Å². The minimum absolute atomic E-state index is 0.0967. The van der Waals surface area contributed by atoms with Gasteiger partial charge in [0.15, 0.2) is 0 Å². The van der Waals surface area contributed by atoms with E-state index in [9.17, 15) is 4.39 Å². The van der Waals surface area contributed by atoms with Gasteiger partial charge in [-0.2, -0.15) is 0 Å². The number of rotatable bonds is 6. The summed E-state index contributed by atoms with van der Waals surface area (Å²) in [5, 5.41) is 6.83. The highest BCUT2D eigenvalue weighted by Crippen LogP contribution is 2.06. The lowest BCUT2D eigenvalue weighted by Gasteiger charge is -2.33. The minimum Gasteiger partial charge on any atom is -0.316 e. The Kier molecular flexibility index (Phi) is 5.76. The molecule has 1 fully saturated rings. The van der Waals surface area contributed by atoms with Crippen LogP contribution in [-0.2, 0) is 6.42 Å². The molecule has 1 atom stereocenters. The van der Waals surface area contributed by atoms with Crippen molar-refractivity contribution < 1.29 is 4.39 Å². The van der Waals surface area contributed by atoms with Crippen LogP contribution in [0.3, 0.4) is 0 Å². The van der Waals surface area contributed by atoms with E-state index in [1.807, 2.05) is 12.1 Å². The highest BCUT2D eigenvalue weighted by Gasteiger charge is 2.17. The first-order valence-electron chi connectivity index (χ1n) is 7.12. The third kappa shape index (κ3) is 4.56. The maximum Gasteiger partial charge on any atom is 0.126 e. The molecule has 19 heavy (non-hydrogen) atoms. The lowest BCUT2D eigenvalue weighted by atomic mass is 10.1. The van der Waals surface area contributed by atoms with E-state index in [0.29, 0.717) is 6.04 Å². The van der Waals surface area contributed by atoms with Crippen LogP contribution in [0, 0.1) is 5.82 Å². The van der Waals surface area contributed by atoms with Gasteiger partial charge < -0.3 is 15.5 Å². The Balaban J connectivity index is 1.61. The van der Waals surface area contributed by atoms with Crippen LogP contribution >= 0.6 is 0 Å². The van der Waals surface area contributed by atoms with Gasteiger partial charge in [-0.1, -0.05) is 18.2 Å². The van der Waals surface area contributed by atoms with Crippen molar-refractivity contribution in [2.24, 2.45) is 0 Å². The molecule has 0 amide bonds. The lowest BCUT2D eigenvalue weighted by Crippen LogP contribution is -2.50. The van der Waals surface area contributed by atoms with E-state index in [-0.39, 0.29) is 5.82 Å². The summed E-state index contributed by atoms with van der Waals surface area (Å²) in [7, 11) is 2.19. The van der Waals surface area contributed by atoms with Crippen molar-refractivity contribution in [3.8, 4) is 0 Å². The third-order valence-electron chi connectivity index (χ3n) is 3.83. The fourth-order valence-corrected chi connectivity index (χ4v) is 2.50. The number of hydrogen-bond donors (Lipinski definition) is 2. The van der Waals surface area contributed by atoms with E-state index in [4.69, 9.17) is 0 Å². The number of hydrogen-bond acceptors (Lipinski definition) is 3.